The van der Waals surface area contributed by atoms with E-state index in [0.29, 0.717) is 17.5 Å². The van der Waals surface area contributed by atoms with Crippen molar-refractivity contribution in [3.05, 3.63) is 34.6 Å². The highest BCUT2D eigenvalue weighted by atomic mass is 35.5. The van der Waals surface area contributed by atoms with Crippen molar-refractivity contribution in [2.45, 2.75) is 31.7 Å². The van der Waals surface area contributed by atoms with Crippen LogP contribution in [0.1, 0.15) is 36.6 Å². The van der Waals surface area contributed by atoms with E-state index in [1.807, 2.05) is 16.8 Å². The average Bonchev–Trinajstić information content (AvgIpc) is 2.80. The highest BCUT2D eigenvalue weighted by molar-refractivity contribution is 6.30. The maximum absolute atomic E-state index is 6.10. The third kappa shape index (κ3) is 2.17. The van der Waals surface area contributed by atoms with Gasteiger partial charge in [0.1, 0.15) is 17.1 Å². The number of hydrogen-bond donors (Lipinski definition) is 1. The van der Waals surface area contributed by atoms with E-state index in [-0.39, 0.29) is 0 Å². The number of nitrogens with two attached hydrogens (primary N) is 1. The van der Waals surface area contributed by atoms with E-state index in [4.69, 9.17) is 22.1 Å². The largest absolute Gasteiger partial charge is 0.494 e. The number of nitrogens with zero attached hydrogens (tertiary/aromatic N) is 3. The molecule has 1 aliphatic rings. The number of rotatable bonds is 4. The molecule has 0 aliphatic heterocycles. The quantitative estimate of drug-likeness (QED) is 0.941. The Bertz CT molecular complexity index is 622. The molecule has 6 heteroatoms. The maximum Gasteiger partial charge on any atom is 0.144 e. The Balaban J connectivity index is 2.14. The molecule has 20 heavy (non-hydrogen) atoms. The number of methoxy groups -OCH3 is 1. The molecule has 106 valence electrons. The van der Waals surface area contributed by atoms with E-state index in [0.717, 1.165) is 35.7 Å². The standard InChI is InChI=1S/C14H17ClN4O/c1-20-13-6-5-10(15)7-12(13)19-14(9-3-2-4-9)11(8-16)17-18-19/h5-7,9H,2-4,8,16H2,1H3. The fraction of sp³-hybridized carbons (Fsp3) is 0.429. The Morgan fingerprint density at radius 2 is 2.25 bits per heavy atom. The zero-order valence-electron chi connectivity index (χ0n) is 11.3. The first-order valence-corrected chi connectivity index (χ1v) is 7.11. The minimum absolute atomic E-state index is 0.398. The summed E-state index contributed by atoms with van der Waals surface area (Å²) < 4.78 is 7.24. The number of aromatic nitrogens is 3. The van der Waals surface area contributed by atoms with Crippen molar-refractivity contribution in [3.63, 3.8) is 0 Å². The maximum atomic E-state index is 6.10. The van der Waals surface area contributed by atoms with Gasteiger partial charge in [-0.1, -0.05) is 23.2 Å². The summed E-state index contributed by atoms with van der Waals surface area (Å²) in [6.45, 7) is 0.398. The van der Waals surface area contributed by atoms with Gasteiger partial charge >= 0.3 is 0 Å². The fourth-order valence-corrected chi connectivity index (χ4v) is 2.73. The first-order valence-electron chi connectivity index (χ1n) is 6.73. The number of halogens is 1. The summed E-state index contributed by atoms with van der Waals surface area (Å²) in [5, 5.41) is 9.11. The van der Waals surface area contributed by atoms with Crippen molar-refractivity contribution >= 4 is 11.6 Å². The second kappa shape index (κ2) is 5.42. The first-order chi connectivity index (χ1) is 9.74. The van der Waals surface area contributed by atoms with Crippen LogP contribution >= 0.6 is 11.6 Å². The molecule has 0 amide bonds. The van der Waals surface area contributed by atoms with Gasteiger partial charge in [0.05, 0.1) is 12.8 Å². The molecule has 1 saturated carbocycles. The molecule has 0 atom stereocenters. The highest BCUT2D eigenvalue weighted by Gasteiger charge is 2.28. The predicted octanol–water partition coefficient (Wildman–Crippen LogP) is 2.66. The van der Waals surface area contributed by atoms with Crippen LogP contribution in [-0.4, -0.2) is 22.1 Å². The lowest BCUT2D eigenvalue weighted by Gasteiger charge is -2.26. The summed E-state index contributed by atoms with van der Waals surface area (Å²) in [6, 6.07) is 5.48. The lowest BCUT2D eigenvalue weighted by atomic mass is 9.82. The monoisotopic (exact) mass is 292 g/mol. The van der Waals surface area contributed by atoms with Gasteiger partial charge in [0, 0.05) is 17.5 Å². The Kier molecular flexibility index (Phi) is 3.63. The zero-order chi connectivity index (χ0) is 14.1. The molecule has 0 bridgehead atoms. The highest BCUT2D eigenvalue weighted by Crippen LogP contribution is 2.39. The van der Waals surface area contributed by atoms with E-state index in [1.165, 1.54) is 6.42 Å². The molecule has 1 aromatic carbocycles. The number of hydrogen-bond acceptors (Lipinski definition) is 4. The molecule has 1 aromatic heterocycles. The fourth-order valence-electron chi connectivity index (χ4n) is 2.56. The smallest absolute Gasteiger partial charge is 0.144 e. The van der Waals surface area contributed by atoms with E-state index in [9.17, 15) is 0 Å². The molecular formula is C14H17ClN4O. The molecule has 0 saturated heterocycles. The van der Waals surface area contributed by atoms with Gasteiger partial charge in [-0.25, -0.2) is 4.68 Å². The van der Waals surface area contributed by atoms with Crippen LogP contribution in [0.4, 0.5) is 0 Å². The Morgan fingerprint density at radius 1 is 1.45 bits per heavy atom. The normalized spacial score (nSPS) is 15.2. The van der Waals surface area contributed by atoms with Gasteiger partial charge in [-0.05, 0) is 31.0 Å². The van der Waals surface area contributed by atoms with Gasteiger partial charge in [0.15, 0.2) is 0 Å². The zero-order valence-corrected chi connectivity index (χ0v) is 12.1. The van der Waals surface area contributed by atoms with E-state index in [2.05, 4.69) is 10.3 Å². The summed E-state index contributed by atoms with van der Waals surface area (Å²) in [4.78, 5) is 0. The van der Waals surface area contributed by atoms with Crippen LogP contribution in [0, 0.1) is 0 Å². The molecule has 1 aliphatic carbocycles. The van der Waals surface area contributed by atoms with Gasteiger partial charge in [-0.2, -0.15) is 0 Å². The second-order valence-electron chi connectivity index (χ2n) is 4.98. The van der Waals surface area contributed by atoms with Crippen molar-refractivity contribution in [3.8, 4) is 11.4 Å². The lowest BCUT2D eigenvalue weighted by Crippen LogP contribution is -2.17. The van der Waals surface area contributed by atoms with Crippen LogP contribution in [0.15, 0.2) is 18.2 Å². The number of benzene rings is 1. The summed E-state index contributed by atoms with van der Waals surface area (Å²) in [7, 11) is 1.64. The molecule has 0 radical (unpaired) electrons. The van der Waals surface area contributed by atoms with Crippen LogP contribution in [0.2, 0.25) is 5.02 Å². The molecule has 1 heterocycles. The minimum Gasteiger partial charge on any atom is -0.494 e. The van der Waals surface area contributed by atoms with Gasteiger partial charge < -0.3 is 10.5 Å². The van der Waals surface area contributed by atoms with Gasteiger partial charge in [-0.3, -0.25) is 0 Å². The third-order valence-corrected chi connectivity index (χ3v) is 4.07. The molecular weight excluding hydrogens is 276 g/mol. The van der Waals surface area contributed by atoms with Crippen molar-refractivity contribution in [1.82, 2.24) is 15.0 Å². The van der Waals surface area contributed by atoms with Crippen molar-refractivity contribution in [2.75, 3.05) is 7.11 Å². The van der Waals surface area contributed by atoms with Crippen molar-refractivity contribution < 1.29 is 4.74 Å². The van der Waals surface area contributed by atoms with Crippen molar-refractivity contribution in [2.24, 2.45) is 5.73 Å². The second-order valence-corrected chi connectivity index (χ2v) is 5.42. The summed E-state index contributed by atoms with van der Waals surface area (Å²) >= 11 is 6.10. The van der Waals surface area contributed by atoms with Gasteiger partial charge in [0.2, 0.25) is 0 Å². The van der Waals surface area contributed by atoms with Crippen LogP contribution in [0.3, 0.4) is 0 Å². The molecule has 0 spiro atoms. The van der Waals surface area contributed by atoms with Gasteiger partial charge in [0.25, 0.3) is 0 Å². The minimum atomic E-state index is 0.398. The Morgan fingerprint density at radius 3 is 2.85 bits per heavy atom. The van der Waals surface area contributed by atoms with E-state index in [1.54, 1.807) is 13.2 Å². The Labute approximate surface area is 122 Å². The molecule has 2 aromatic rings. The van der Waals surface area contributed by atoms with Crippen LogP contribution in [0.5, 0.6) is 5.75 Å². The summed E-state index contributed by atoms with van der Waals surface area (Å²) in [6.07, 6.45) is 3.55. The third-order valence-electron chi connectivity index (χ3n) is 3.83. The Hall–Kier alpha value is -1.59. The summed E-state index contributed by atoms with van der Waals surface area (Å²) in [5.74, 6) is 1.20. The molecule has 0 unspecified atom stereocenters. The number of ether oxygens (including phenoxy) is 1. The topological polar surface area (TPSA) is 66.0 Å². The van der Waals surface area contributed by atoms with E-state index < -0.39 is 0 Å². The van der Waals surface area contributed by atoms with Crippen LogP contribution in [0.25, 0.3) is 5.69 Å². The van der Waals surface area contributed by atoms with Crippen molar-refractivity contribution in [1.29, 1.82) is 0 Å². The van der Waals surface area contributed by atoms with Crippen LogP contribution < -0.4 is 10.5 Å². The molecule has 5 nitrogen and oxygen atoms in total. The molecule has 3 rings (SSSR count). The first kappa shape index (κ1) is 13.4. The summed E-state index contributed by atoms with van der Waals surface area (Å²) in [5.41, 5.74) is 8.55. The van der Waals surface area contributed by atoms with E-state index >= 15 is 0 Å². The SMILES string of the molecule is COc1ccc(Cl)cc1-n1nnc(CN)c1C1CCC1. The van der Waals surface area contributed by atoms with Gasteiger partial charge in [-0.15, -0.1) is 5.10 Å². The molecule has 2 N–H and O–H groups in total. The molecule has 1 fully saturated rings. The lowest BCUT2D eigenvalue weighted by molar-refractivity contribution is 0.393. The predicted molar refractivity (Wildman–Crippen MR) is 77.4 cm³/mol. The van der Waals surface area contributed by atoms with Crippen LogP contribution in [-0.2, 0) is 6.54 Å². The average molecular weight is 293 g/mol.